The number of hydrogen-bond acceptors (Lipinski definition) is 5. The van der Waals surface area contributed by atoms with Crippen molar-refractivity contribution in [1.29, 1.82) is 0 Å². The average Bonchev–Trinajstić information content (AvgIpc) is 3.28. The first-order valence-corrected chi connectivity index (χ1v) is 12.5. The monoisotopic (exact) mass is 459 g/mol. The maximum atomic E-state index is 13.6. The smallest absolute Gasteiger partial charge is 0.258 e. The molecule has 170 valence electrons. The van der Waals surface area contributed by atoms with Crippen LogP contribution in [-0.4, -0.2) is 35.2 Å². The zero-order valence-electron chi connectivity index (χ0n) is 19.4. The van der Waals surface area contributed by atoms with Gasteiger partial charge in [0, 0.05) is 43.4 Å². The second-order valence-corrected chi connectivity index (χ2v) is 10.4. The van der Waals surface area contributed by atoms with Crippen molar-refractivity contribution in [3.8, 4) is 11.3 Å². The second kappa shape index (κ2) is 8.49. The van der Waals surface area contributed by atoms with Crippen molar-refractivity contribution in [2.75, 3.05) is 24.7 Å². The number of anilines is 1. The van der Waals surface area contributed by atoms with Crippen molar-refractivity contribution in [1.82, 2.24) is 9.55 Å². The summed E-state index contributed by atoms with van der Waals surface area (Å²) in [7, 11) is 5.74. The Morgan fingerprint density at radius 3 is 2.48 bits per heavy atom. The summed E-state index contributed by atoms with van der Waals surface area (Å²) in [6, 6.07) is 16.0. The van der Waals surface area contributed by atoms with E-state index in [1.54, 1.807) is 11.6 Å². The van der Waals surface area contributed by atoms with Gasteiger partial charge in [0.25, 0.3) is 5.56 Å². The van der Waals surface area contributed by atoms with Crippen molar-refractivity contribution >= 4 is 23.2 Å². The third-order valence-electron chi connectivity index (χ3n) is 7.18. The summed E-state index contributed by atoms with van der Waals surface area (Å²) in [6.07, 6.45) is 5.31. The van der Waals surface area contributed by atoms with Crippen molar-refractivity contribution in [3.05, 3.63) is 75.6 Å². The van der Waals surface area contributed by atoms with E-state index in [2.05, 4.69) is 18.2 Å². The number of carbonyl (C=O) groups excluding carboxylic acids is 1. The van der Waals surface area contributed by atoms with Crippen LogP contribution in [0.5, 0.6) is 0 Å². The quantitative estimate of drug-likeness (QED) is 0.310. The molecule has 3 aromatic rings. The zero-order chi connectivity index (χ0) is 23.2. The van der Waals surface area contributed by atoms with Gasteiger partial charge in [0.1, 0.15) is 0 Å². The molecule has 2 aromatic carbocycles. The van der Waals surface area contributed by atoms with E-state index < -0.39 is 0 Å². The molecule has 33 heavy (non-hydrogen) atoms. The van der Waals surface area contributed by atoms with E-state index in [4.69, 9.17) is 4.98 Å². The first-order valence-electron chi connectivity index (χ1n) is 11.5. The molecule has 2 aliphatic rings. The lowest BCUT2D eigenvalue weighted by molar-refractivity contribution is 0.102. The molecule has 0 aliphatic heterocycles. The topological polar surface area (TPSA) is 55.2 Å². The fourth-order valence-corrected chi connectivity index (χ4v) is 6.24. The average molecular weight is 460 g/mol. The number of Topliss-reactive ketones (excluding diaryl/α,β-unsaturated/α-hetero) is 1. The van der Waals surface area contributed by atoms with E-state index in [1.807, 2.05) is 49.3 Å². The Balaban J connectivity index is 1.49. The Hall–Kier alpha value is -2.86. The van der Waals surface area contributed by atoms with Crippen molar-refractivity contribution in [2.24, 2.45) is 7.05 Å². The van der Waals surface area contributed by atoms with Gasteiger partial charge in [0.15, 0.2) is 10.9 Å². The van der Waals surface area contributed by atoms with Crippen molar-refractivity contribution < 1.29 is 4.79 Å². The Bertz CT molecular complexity index is 1270. The van der Waals surface area contributed by atoms with E-state index >= 15 is 0 Å². The number of ketones is 1. The minimum Gasteiger partial charge on any atom is -0.378 e. The molecule has 1 aromatic heterocycles. The number of hydrogen-bond donors (Lipinski definition) is 0. The van der Waals surface area contributed by atoms with Gasteiger partial charge >= 0.3 is 0 Å². The molecule has 0 unspecified atom stereocenters. The number of nitrogens with zero attached hydrogens (tertiary/aromatic N) is 3. The molecule has 0 amide bonds. The Labute approximate surface area is 198 Å². The summed E-state index contributed by atoms with van der Waals surface area (Å²) in [5.41, 5.74) is 5.73. The van der Waals surface area contributed by atoms with Gasteiger partial charge in [-0.1, -0.05) is 48.9 Å². The standard InChI is InChI=1S/C27H29N3O2S/c1-29(2)20-12-10-18(11-13-20)22(31)17-33-26-28-24-21-9-5-4-8-19(21)16-27(14-6-7-15-27)23(24)25(32)30(26)3/h4-5,8-13H,6-7,14-17H2,1-3H3. The normalized spacial score (nSPS) is 15.8. The molecule has 1 saturated carbocycles. The van der Waals surface area contributed by atoms with Gasteiger partial charge in [-0.15, -0.1) is 0 Å². The molecule has 1 heterocycles. The highest BCUT2D eigenvalue weighted by Crippen LogP contribution is 2.49. The van der Waals surface area contributed by atoms with E-state index in [0.717, 1.165) is 54.6 Å². The maximum absolute atomic E-state index is 13.6. The summed E-state index contributed by atoms with van der Waals surface area (Å²) in [5.74, 6) is 0.276. The maximum Gasteiger partial charge on any atom is 0.258 e. The van der Waals surface area contributed by atoms with Crippen molar-refractivity contribution in [3.63, 3.8) is 0 Å². The molecule has 5 nitrogen and oxygen atoms in total. The number of rotatable bonds is 5. The van der Waals surface area contributed by atoms with Crippen LogP contribution in [-0.2, 0) is 18.9 Å². The van der Waals surface area contributed by atoms with Crippen LogP contribution in [0, 0.1) is 0 Å². The minimum atomic E-state index is -0.0985. The fourth-order valence-electron chi connectivity index (χ4n) is 5.38. The number of benzene rings is 2. The molecule has 5 rings (SSSR count). The van der Waals surface area contributed by atoms with Gasteiger partial charge in [-0.25, -0.2) is 4.98 Å². The Kier molecular flexibility index (Phi) is 5.65. The Morgan fingerprint density at radius 1 is 1.09 bits per heavy atom. The van der Waals surface area contributed by atoms with Gasteiger partial charge in [-0.05, 0) is 49.1 Å². The second-order valence-electron chi connectivity index (χ2n) is 9.46. The van der Waals surface area contributed by atoms with Gasteiger partial charge in [-0.2, -0.15) is 0 Å². The molecule has 0 atom stereocenters. The molecule has 0 saturated heterocycles. The third-order valence-corrected chi connectivity index (χ3v) is 8.21. The molecule has 0 bridgehead atoms. The molecular formula is C27H29N3O2S. The largest absolute Gasteiger partial charge is 0.378 e. The SMILES string of the molecule is CN(C)c1ccc(C(=O)CSc2nc3c(c(=O)n2C)C2(CCCC2)Cc2ccccc2-3)cc1. The summed E-state index contributed by atoms with van der Waals surface area (Å²) in [6.45, 7) is 0. The molecule has 1 fully saturated rings. The van der Waals surface area contributed by atoms with Crippen LogP contribution in [0.3, 0.4) is 0 Å². The molecular weight excluding hydrogens is 430 g/mol. The van der Waals surface area contributed by atoms with Gasteiger partial charge in [0.2, 0.25) is 0 Å². The van der Waals surface area contributed by atoms with Crippen LogP contribution in [0.4, 0.5) is 5.69 Å². The van der Waals surface area contributed by atoms with E-state index in [0.29, 0.717) is 10.7 Å². The third kappa shape index (κ3) is 3.80. The summed E-state index contributed by atoms with van der Waals surface area (Å²) in [4.78, 5) is 33.5. The molecule has 2 aliphatic carbocycles. The summed E-state index contributed by atoms with van der Waals surface area (Å²) < 4.78 is 1.65. The van der Waals surface area contributed by atoms with E-state index in [9.17, 15) is 9.59 Å². The highest BCUT2D eigenvalue weighted by atomic mass is 32.2. The first kappa shape index (κ1) is 22.0. The van der Waals surface area contributed by atoms with Crippen LogP contribution in [0.15, 0.2) is 58.5 Å². The lowest BCUT2D eigenvalue weighted by Crippen LogP contribution is -2.39. The number of fused-ring (bicyclic) bond motifs is 4. The van der Waals surface area contributed by atoms with Crippen LogP contribution >= 0.6 is 11.8 Å². The Morgan fingerprint density at radius 2 is 1.79 bits per heavy atom. The van der Waals surface area contributed by atoms with E-state index in [1.165, 1.54) is 17.3 Å². The highest BCUT2D eigenvalue weighted by molar-refractivity contribution is 7.99. The number of carbonyl (C=O) groups is 1. The van der Waals surface area contributed by atoms with Crippen molar-refractivity contribution in [2.45, 2.75) is 42.7 Å². The molecule has 1 spiro atoms. The predicted molar refractivity (Wildman–Crippen MR) is 135 cm³/mol. The van der Waals surface area contributed by atoms with Gasteiger partial charge in [-0.3, -0.25) is 14.2 Å². The van der Waals surface area contributed by atoms with E-state index in [-0.39, 0.29) is 22.5 Å². The number of aromatic nitrogens is 2. The summed E-state index contributed by atoms with van der Waals surface area (Å²) in [5, 5.41) is 0.599. The van der Waals surface area contributed by atoms with Crippen LogP contribution in [0.2, 0.25) is 0 Å². The molecule has 0 N–H and O–H groups in total. The number of thioether (sulfide) groups is 1. The lowest BCUT2D eigenvalue weighted by Gasteiger charge is -2.36. The lowest BCUT2D eigenvalue weighted by atomic mass is 9.68. The van der Waals surface area contributed by atoms with Crippen LogP contribution < -0.4 is 10.5 Å². The highest BCUT2D eigenvalue weighted by Gasteiger charge is 2.44. The van der Waals surface area contributed by atoms with Gasteiger partial charge < -0.3 is 4.90 Å². The van der Waals surface area contributed by atoms with Crippen LogP contribution in [0.25, 0.3) is 11.3 Å². The molecule has 0 radical (unpaired) electrons. The first-order chi connectivity index (χ1) is 15.9. The van der Waals surface area contributed by atoms with Gasteiger partial charge in [0.05, 0.1) is 17.0 Å². The minimum absolute atomic E-state index is 0.0324. The fraction of sp³-hybridized carbons (Fsp3) is 0.370. The zero-order valence-corrected chi connectivity index (χ0v) is 20.2. The predicted octanol–water partition coefficient (Wildman–Crippen LogP) is 4.86. The molecule has 6 heteroatoms. The van der Waals surface area contributed by atoms with Crippen LogP contribution in [0.1, 0.15) is 47.2 Å². The summed E-state index contributed by atoms with van der Waals surface area (Å²) >= 11 is 1.34.